The number of methoxy groups -OCH3 is 2. The Balaban J connectivity index is 1.43. The first-order chi connectivity index (χ1) is 15.6. The molecule has 1 aromatic carbocycles. The number of ether oxygens (including phenoxy) is 2. The molecule has 0 atom stereocenters. The molecule has 2 aromatic rings. The molecular formula is C23H31N5O4. The molecule has 0 spiro atoms. The van der Waals surface area contributed by atoms with Gasteiger partial charge in [-0.05, 0) is 24.3 Å². The highest BCUT2D eigenvalue weighted by atomic mass is 16.5. The van der Waals surface area contributed by atoms with E-state index in [4.69, 9.17) is 14.5 Å². The fourth-order valence-electron chi connectivity index (χ4n) is 4.51. The second-order valence-electron chi connectivity index (χ2n) is 8.04. The van der Waals surface area contributed by atoms with Crippen LogP contribution in [0.1, 0.15) is 0 Å². The summed E-state index contributed by atoms with van der Waals surface area (Å²) in [6, 6.07) is 12.0. The van der Waals surface area contributed by atoms with Crippen molar-refractivity contribution in [3.05, 3.63) is 42.6 Å². The second-order valence-corrected chi connectivity index (χ2v) is 8.04. The average molecular weight is 442 g/mol. The van der Waals surface area contributed by atoms with Gasteiger partial charge in [-0.25, -0.2) is 9.78 Å². The van der Waals surface area contributed by atoms with E-state index < -0.39 is 6.09 Å². The van der Waals surface area contributed by atoms with Crippen molar-refractivity contribution in [2.24, 2.45) is 0 Å². The Morgan fingerprint density at radius 1 is 0.969 bits per heavy atom. The molecule has 1 aromatic heterocycles. The fraction of sp³-hybridized carbons (Fsp3) is 0.478. The quantitative estimate of drug-likeness (QED) is 0.702. The molecule has 0 unspecified atom stereocenters. The lowest BCUT2D eigenvalue weighted by molar-refractivity contribution is 0.0332. The molecule has 0 radical (unpaired) electrons. The highest BCUT2D eigenvalue weighted by molar-refractivity contribution is 5.93. The van der Waals surface area contributed by atoms with E-state index >= 15 is 0 Å². The largest absolute Gasteiger partial charge is 0.465 e. The maximum absolute atomic E-state index is 11.6. The number of hydrogen-bond acceptors (Lipinski definition) is 7. The number of fused-ring (bicyclic) bond motifs is 1. The minimum absolute atomic E-state index is 0.275. The van der Waals surface area contributed by atoms with Crippen molar-refractivity contribution in [1.29, 1.82) is 0 Å². The fourth-order valence-corrected chi connectivity index (χ4v) is 4.51. The maximum Gasteiger partial charge on any atom is 0.411 e. The average Bonchev–Trinajstić information content (AvgIpc) is 2.83. The van der Waals surface area contributed by atoms with Gasteiger partial charge in [0, 0.05) is 53.5 Å². The zero-order chi connectivity index (χ0) is 22.5. The van der Waals surface area contributed by atoms with E-state index in [1.165, 1.54) is 4.90 Å². The van der Waals surface area contributed by atoms with Crippen LogP contribution in [0.4, 0.5) is 27.7 Å². The van der Waals surface area contributed by atoms with Gasteiger partial charge < -0.3 is 24.4 Å². The molecule has 1 N–H and O–H groups in total. The monoisotopic (exact) mass is 441 g/mol. The van der Waals surface area contributed by atoms with Crippen LogP contribution in [0.15, 0.2) is 42.6 Å². The molecule has 9 nitrogen and oxygen atoms in total. The Morgan fingerprint density at radius 2 is 1.66 bits per heavy atom. The van der Waals surface area contributed by atoms with Crippen LogP contribution in [0.3, 0.4) is 0 Å². The van der Waals surface area contributed by atoms with E-state index in [-0.39, 0.29) is 6.04 Å². The minimum atomic E-state index is -0.933. The number of amides is 1. The Kier molecular flexibility index (Phi) is 7.09. The predicted molar refractivity (Wildman–Crippen MR) is 124 cm³/mol. The maximum atomic E-state index is 11.6. The number of aromatic nitrogens is 1. The van der Waals surface area contributed by atoms with E-state index in [1.54, 1.807) is 14.2 Å². The molecule has 0 saturated carbocycles. The summed E-state index contributed by atoms with van der Waals surface area (Å²) < 4.78 is 10.7. The third kappa shape index (κ3) is 4.64. The Labute approximate surface area is 188 Å². The molecule has 1 fully saturated rings. The molecule has 1 amide bonds. The Morgan fingerprint density at radius 3 is 2.25 bits per heavy atom. The number of carbonyl (C=O) groups is 1. The van der Waals surface area contributed by atoms with Crippen LogP contribution < -0.4 is 14.7 Å². The summed E-state index contributed by atoms with van der Waals surface area (Å²) in [4.78, 5) is 24.5. The molecule has 9 heteroatoms. The molecule has 32 heavy (non-hydrogen) atoms. The van der Waals surface area contributed by atoms with Crippen LogP contribution in [0, 0.1) is 0 Å². The van der Waals surface area contributed by atoms with Crippen LogP contribution in [0.25, 0.3) is 0 Å². The highest BCUT2D eigenvalue weighted by Crippen LogP contribution is 2.37. The lowest BCUT2D eigenvalue weighted by Crippen LogP contribution is -2.53. The molecule has 0 bridgehead atoms. The van der Waals surface area contributed by atoms with Crippen molar-refractivity contribution >= 4 is 29.0 Å². The van der Waals surface area contributed by atoms with Gasteiger partial charge in [0.2, 0.25) is 0 Å². The number of nitrogens with zero attached hydrogens (tertiary/aromatic N) is 5. The van der Waals surface area contributed by atoms with Crippen LogP contribution in [-0.4, -0.2) is 93.8 Å². The number of piperazine rings is 1. The van der Waals surface area contributed by atoms with Crippen LogP contribution >= 0.6 is 0 Å². The lowest BCUT2D eigenvalue weighted by atomic mass is 10.1. The summed E-state index contributed by atoms with van der Waals surface area (Å²) in [7, 11) is 3.46. The number of pyridine rings is 1. The zero-order valence-electron chi connectivity index (χ0n) is 18.7. The zero-order valence-corrected chi connectivity index (χ0v) is 18.7. The van der Waals surface area contributed by atoms with E-state index in [0.29, 0.717) is 32.0 Å². The first kappa shape index (κ1) is 22.3. The smallest absolute Gasteiger partial charge is 0.411 e. The third-order valence-corrected chi connectivity index (χ3v) is 6.16. The first-order valence-corrected chi connectivity index (χ1v) is 10.9. The van der Waals surface area contributed by atoms with Gasteiger partial charge in [0.25, 0.3) is 0 Å². The van der Waals surface area contributed by atoms with Crippen LogP contribution in [0.2, 0.25) is 0 Å². The SMILES string of the molecule is COCC(COC)N1CCN(c2ccc(N3CCN(C(=O)O)c4ccccc43)nc2)CC1. The Hall–Kier alpha value is -2.88. The van der Waals surface area contributed by atoms with Gasteiger partial charge in [-0.3, -0.25) is 9.80 Å². The van der Waals surface area contributed by atoms with Gasteiger partial charge >= 0.3 is 6.09 Å². The highest BCUT2D eigenvalue weighted by Gasteiger charge is 2.28. The summed E-state index contributed by atoms with van der Waals surface area (Å²) in [5.74, 6) is 0.824. The van der Waals surface area contributed by atoms with Crippen LogP contribution in [0.5, 0.6) is 0 Å². The summed E-state index contributed by atoms with van der Waals surface area (Å²) in [5, 5.41) is 9.50. The van der Waals surface area contributed by atoms with Gasteiger partial charge in [-0.2, -0.15) is 0 Å². The number of benzene rings is 1. The minimum Gasteiger partial charge on any atom is -0.465 e. The first-order valence-electron chi connectivity index (χ1n) is 10.9. The number of anilines is 4. The number of hydrogen-bond donors (Lipinski definition) is 1. The van der Waals surface area contributed by atoms with Crippen LogP contribution in [-0.2, 0) is 9.47 Å². The third-order valence-electron chi connectivity index (χ3n) is 6.16. The topological polar surface area (TPSA) is 81.6 Å². The summed E-state index contributed by atoms with van der Waals surface area (Å²) in [5.41, 5.74) is 2.65. The number of para-hydroxylation sites is 2. The second kappa shape index (κ2) is 10.2. The Bertz CT molecular complexity index is 896. The normalized spacial score (nSPS) is 17.0. The molecule has 3 heterocycles. The molecule has 4 rings (SSSR count). The summed E-state index contributed by atoms with van der Waals surface area (Å²) >= 11 is 0. The molecule has 2 aliphatic rings. The predicted octanol–water partition coefficient (Wildman–Crippen LogP) is 2.50. The molecule has 2 aliphatic heterocycles. The molecule has 1 saturated heterocycles. The van der Waals surface area contributed by atoms with E-state index in [2.05, 4.69) is 20.8 Å². The van der Waals surface area contributed by atoms with E-state index in [9.17, 15) is 9.90 Å². The van der Waals surface area contributed by atoms with Crippen molar-refractivity contribution in [3.63, 3.8) is 0 Å². The van der Waals surface area contributed by atoms with Crippen molar-refractivity contribution in [2.45, 2.75) is 6.04 Å². The van der Waals surface area contributed by atoms with E-state index in [1.807, 2.05) is 36.5 Å². The molecule has 0 aliphatic carbocycles. The van der Waals surface area contributed by atoms with Crippen molar-refractivity contribution in [3.8, 4) is 0 Å². The van der Waals surface area contributed by atoms with Gasteiger partial charge in [0.1, 0.15) is 5.82 Å². The molecular weight excluding hydrogens is 410 g/mol. The van der Waals surface area contributed by atoms with Crippen molar-refractivity contribution < 1.29 is 19.4 Å². The summed E-state index contributed by atoms with van der Waals surface area (Å²) in [6.07, 6.45) is 0.983. The van der Waals surface area contributed by atoms with Gasteiger partial charge in [-0.15, -0.1) is 0 Å². The lowest BCUT2D eigenvalue weighted by Gasteiger charge is -2.40. The van der Waals surface area contributed by atoms with Crippen molar-refractivity contribution in [1.82, 2.24) is 9.88 Å². The number of carboxylic acid groups (broad SMARTS) is 1. The van der Waals surface area contributed by atoms with Gasteiger partial charge in [0.05, 0.1) is 42.5 Å². The molecule has 172 valence electrons. The summed E-state index contributed by atoms with van der Waals surface area (Å²) in [6.45, 7) is 6.04. The van der Waals surface area contributed by atoms with E-state index in [0.717, 1.165) is 43.4 Å². The van der Waals surface area contributed by atoms with Gasteiger partial charge in [-0.1, -0.05) is 12.1 Å². The number of rotatable bonds is 7. The standard InChI is InChI=1S/C23H31N5O4/c1-31-16-19(17-32-2)26-11-9-25(10-12-26)18-7-8-22(24-15-18)27-13-14-28(23(29)30)21-6-4-3-5-20(21)27/h3-8,15,19H,9-14,16-17H2,1-2H3,(H,29,30). The van der Waals surface area contributed by atoms with Crippen molar-refractivity contribution in [2.75, 3.05) is 81.4 Å². The van der Waals surface area contributed by atoms with Gasteiger partial charge in [0.15, 0.2) is 0 Å².